The van der Waals surface area contributed by atoms with E-state index in [4.69, 9.17) is 25.2 Å². The zero-order valence-corrected chi connectivity index (χ0v) is 18.2. The highest BCUT2D eigenvalue weighted by molar-refractivity contribution is 7.66. The van der Waals surface area contributed by atoms with Crippen molar-refractivity contribution in [2.24, 2.45) is 5.92 Å². The van der Waals surface area contributed by atoms with E-state index >= 15 is 0 Å². The predicted octanol–water partition coefficient (Wildman–Crippen LogP) is -0.0313. The molecule has 17 nitrogen and oxygen atoms in total. The first-order chi connectivity index (χ1) is 14.2. The Morgan fingerprint density at radius 3 is 2.58 bits per heavy atom. The van der Waals surface area contributed by atoms with Crippen LogP contribution >= 0.6 is 23.5 Å². The summed E-state index contributed by atoms with van der Waals surface area (Å²) in [6.07, 6.45) is 0.103. The summed E-state index contributed by atoms with van der Waals surface area (Å²) in [5, 5.41) is 0. The Balaban J connectivity index is 1.67. The molecule has 1 aliphatic rings. The van der Waals surface area contributed by atoms with Crippen molar-refractivity contribution in [3.63, 3.8) is 0 Å². The number of phosphoric ester groups is 1. The highest BCUT2D eigenvalue weighted by Crippen LogP contribution is 2.66. The molecule has 0 bridgehead atoms. The van der Waals surface area contributed by atoms with Gasteiger partial charge in [-0.1, -0.05) is 6.92 Å². The number of ether oxygens (including phenoxy) is 1. The molecule has 2 aromatic heterocycles. The highest BCUT2D eigenvalue weighted by atomic mass is 31.3. The van der Waals surface area contributed by atoms with Crippen molar-refractivity contribution >= 4 is 40.6 Å². The minimum Gasteiger partial charge on any atom is -0.369 e. The fraction of sp³-hybridized carbons (Fsp3) is 0.545. The van der Waals surface area contributed by atoms with Crippen LogP contribution < -0.4 is 11.3 Å². The minimum absolute atomic E-state index is 0.0294. The van der Waals surface area contributed by atoms with E-state index in [-0.39, 0.29) is 23.0 Å². The van der Waals surface area contributed by atoms with Crippen molar-refractivity contribution < 1.29 is 51.2 Å². The maximum Gasteiger partial charge on any atom is 0.490 e. The number of hydrogen-bond acceptors (Lipinski definition) is 11. The van der Waals surface area contributed by atoms with Crippen LogP contribution in [0.2, 0.25) is 0 Å². The third kappa shape index (κ3) is 6.06. The van der Waals surface area contributed by atoms with Crippen LogP contribution in [-0.2, 0) is 31.6 Å². The van der Waals surface area contributed by atoms with Crippen LogP contribution in [0.4, 0.5) is 5.95 Å². The number of nitrogen functional groups attached to an aromatic ring is 1. The van der Waals surface area contributed by atoms with Gasteiger partial charge in [0.1, 0.15) is 6.23 Å². The van der Waals surface area contributed by atoms with E-state index < -0.39 is 48.0 Å². The number of fused-ring (bicyclic) bond motifs is 1. The molecule has 1 fully saturated rings. The smallest absolute Gasteiger partial charge is 0.369 e. The largest absolute Gasteiger partial charge is 0.490 e. The number of aromatic amines is 1. The van der Waals surface area contributed by atoms with E-state index in [9.17, 15) is 23.4 Å². The van der Waals surface area contributed by atoms with Crippen LogP contribution in [0.25, 0.3) is 11.2 Å². The molecule has 5 unspecified atom stereocenters. The molecule has 1 saturated heterocycles. The van der Waals surface area contributed by atoms with Gasteiger partial charge in [-0.2, -0.15) is 13.6 Å². The van der Waals surface area contributed by atoms with Gasteiger partial charge in [-0.3, -0.25) is 18.9 Å². The van der Waals surface area contributed by atoms with Crippen LogP contribution in [0.3, 0.4) is 0 Å². The summed E-state index contributed by atoms with van der Waals surface area (Å²) in [5.41, 5.74) is 5.20. The fourth-order valence-electron chi connectivity index (χ4n) is 2.97. The summed E-state index contributed by atoms with van der Waals surface area (Å²) < 4.78 is 52.9. The van der Waals surface area contributed by atoms with Gasteiger partial charge in [-0.05, 0) is 6.42 Å². The summed E-state index contributed by atoms with van der Waals surface area (Å²) in [5.74, 6) is -0.344. The second-order valence-corrected chi connectivity index (χ2v) is 10.9. The van der Waals surface area contributed by atoms with Crippen LogP contribution in [0.15, 0.2) is 11.1 Å². The average Bonchev–Trinajstić information content (AvgIpc) is 3.12. The molecule has 0 saturated carbocycles. The van der Waals surface area contributed by atoms with Gasteiger partial charge >= 0.3 is 23.5 Å². The van der Waals surface area contributed by atoms with E-state index in [1.165, 1.54) is 10.9 Å². The minimum atomic E-state index is -5.60. The van der Waals surface area contributed by atoms with E-state index in [0.29, 0.717) is 6.42 Å². The van der Waals surface area contributed by atoms with Crippen molar-refractivity contribution in [2.45, 2.75) is 25.7 Å². The summed E-state index contributed by atoms with van der Waals surface area (Å²) in [7, 11) is -16.3. The first-order valence-electron chi connectivity index (χ1n) is 8.32. The first-order valence-corrected chi connectivity index (χ1v) is 12.8. The molecule has 31 heavy (non-hydrogen) atoms. The van der Waals surface area contributed by atoms with E-state index in [2.05, 4.69) is 28.1 Å². The Kier molecular flexibility index (Phi) is 6.60. The lowest BCUT2D eigenvalue weighted by molar-refractivity contribution is -0.0290. The number of rotatable bonds is 8. The lowest BCUT2D eigenvalue weighted by Crippen LogP contribution is -2.18. The molecular formula is C11H18N5O12P3. The van der Waals surface area contributed by atoms with Crippen LogP contribution in [0.5, 0.6) is 0 Å². The predicted molar refractivity (Wildman–Crippen MR) is 100 cm³/mol. The molecule has 1 aliphatic heterocycles. The Hall–Kier alpha value is -1.48. The standard InChI is InChI=1S/C11H18N5O12P3/c1-5-2-6(3-25-30(21,22)28-31(23,24)27-29(18,19)20)26-10(5)16-4-13-7-8(16)14-11(12)15-9(7)17/h4-6,10H,2-3H2,1H3,(H,21,22)(H,23,24)(H2,18,19,20)(H3,12,14,15,17). The molecule has 3 rings (SSSR count). The average molecular weight is 505 g/mol. The molecule has 20 heteroatoms. The molecule has 0 amide bonds. The number of phosphoric acid groups is 3. The van der Waals surface area contributed by atoms with Gasteiger partial charge in [0.15, 0.2) is 11.2 Å². The van der Waals surface area contributed by atoms with Gasteiger partial charge in [-0.15, -0.1) is 0 Å². The molecular weight excluding hydrogens is 487 g/mol. The molecule has 174 valence electrons. The van der Waals surface area contributed by atoms with Gasteiger partial charge < -0.3 is 30.0 Å². The number of imidazole rings is 1. The number of nitrogens with two attached hydrogens (primary N) is 1. The molecule has 0 aliphatic carbocycles. The monoisotopic (exact) mass is 505 g/mol. The summed E-state index contributed by atoms with van der Waals surface area (Å²) >= 11 is 0. The fourth-order valence-corrected chi connectivity index (χ4v) is 6.02. The topological polar surface area (TPSA) is 259 Å². The maximum atomic E-state index is 11.9. The van der Waals surface area contributed by atoms with Crippen LogP contribution in [0, 0.1) is 5.92 Å². The van der Waals surface area contributed by atoms with Gasteiger partial charge in [0.25, 0.3) is 5.56 Å². The number of nitrogens with one attached hydrogen (secondary N) is 1. The van der Waals surface area contributed by atoms with Crippen molar-refractivity contribution in [3.05, 3.63) is 16.7 Å². The summed E-state index contributed by atoms with van der Waals surface area (Å²) in [6.45, 7) is 1.19. The van der Waals surface area contributed by atoms with Crippen molar-refractivity contribution in [3.8, 4) is 0 Å². The van der Waals surface area contributed by atoms with Gasteiger partial charge in [0.05, 0.1) is 19.0 Å². The van der Waals surface area contributed by atoms with Crippen LogP contribution in [0.1, 0.15) is 19.6 Å². The lowest BCUT2D eigenvalue weighted by atomic mass is 10.1. The normalized spacial score (nSPS) is 26.0. The van der Waals surface area contributed by atoms with Gasteiger partial charge in [0, 0.05) is 5.92 Å². The SMILES string of the molecule is CC1CC(COP(=O)(O)OP(=O)(O)OP(=O)(O)O)OC1n1cnc2c(=O)[nH]c(N)nc21. The van der Waals surface area contributed by atoms with Crippen LogP contribution in [-0.4, -0.2) is 51.8 Å². The second kappa shape index (κ2) is 8.46. The van der Waals surface area contributed by atoms with Gasteiger partial charge in [0.2, 0.25) is 5.95 Å². The first kappa shape index (κ1) is 24.2. The molecule has 2 aromatic rings. The molecule has 5 atom stereocenters. The van der Waals surface area contributed by atoms with Crippen molar-refractivity contribution in [1.82, 2.24) is 19.5 Å². The third-order valence-corrected chi connectivity index (χ3v) is 7.82. The molecule has 0 aromatic carbocycles. The Labute approximate surface area is 172 Å². The van der Waals surface area contributed by atoms with E-state index in [1.54, 1.807) is 6.92 Å². The second-order valence-electron chi connectivity index (χ2n) is 6.52. The van der Waals surface area contributed by atoms with E-state index in [1.807, 2.05) is 0 Å². The number of hydrogen-bond donors (Lipinski definition) is 6. The number of nitrogens with zero attached hydrogens (tertiary/aromatic N) is 3. The zero-order chi connectivity index (χ0) is 23.2. The number of H-pyrrole nitrogens is 1. The Bertz CT molecular complexity index is 1170. The zero-order valence-electron chi connectivity index (χ0n) is 15.5. The van der Waals surface area contributed by atoms with Gasteiger partial charge in [-0.25, -0.2) is 18.7 Å². The Morgan fingerprint density at radius 1 is 1.26 bits per heavy atom. The quantitative estimate of drug-likeness (QED) is 0.257. The Morgan fingerprint density at radius 2 is 1.94 bits per heavy atom. The molecule has 3 heterocycles. The summed E-state index contributed by atoms with van der Waals surface area (Å²) in [6, 6.07) is 0. The molecule has 7 N–H and O–H groups in total. The highest BCUT2D eigenvalue weighted by Gasteiger charge is 2.42. The summed E-state index contributed by atoms with van der Waals surface area (Å²) in [4.78, 5) is 57.9. The third-order valence-electron chi connectivity index (χ3n) is 4.02. The van der Waals surface area contributed by atoms with E-state index in [0.717, 1.165) is 0 Å². The number of aromatic nitrogens is 4. The number of anilines is 1. The maximum absolute atomic E-state index is 11.9. The van der Waals surface area contributed by atoms with Crippen molar-refractivity contribution in [1.29, 1.82) is 0 Å². The lowest BCUT2D eigenvalue weighted by Gasteiger charge is -2.19. The molecule has 0 spiro atoms. The van der Waals surface area contributed by atoms with Crippen molar-refractivity contribution in [2.75, 3.05) is 12.3 Å². The molecule has 0 radical (unpaired) electrons.